The van der Waals surface area contributed by atoms with Crippen LogP contribution in [0.3, 0.4) is 0 Å². The number of piperazine rings is 1. The first-order valence-electron chi connectivity index (χ1n) is 6.72. The molecule has 0 unspecified atom stereocenters. The van der Waals surface area contributed by atoms with Gasteiger partial charge in [-0.3, -0.25) is 4.90 Å². The fourth-order valence-electron chi connectivity index (χ4n) is 2.40. The van der Waals surface area contributed by atoms with Gasteiger partial charge in [-0.15, -0.1) is 0 Å². The fourth-order valence-corrected chi connectivity index (χ4v) is 2.40. The minimum atomic E-state index is 0.731. The zero-order chi connectivity index (χ0) is 11.1. The van der Waals surface area contributed by atoms with Crippen molar-refractivity contribution in [2.24, 2.45) is 5.92 Å². The third-order valence-corrected chi connectivity index (χ3v) is 3.67. The second-order valence-corrected chi connectivity index (χ2v) is 4.96. The second-order valence-electron chi connectivity index (χ2n) is 4.96. The highest BCUT2D eigenvalue weighted by molar-refractivity contribution is 4.77. The number of nitrogens with zero attached hydrogens (tertiary/aromatic N) is 1. The van der Waals surface area contributed by atoms with E-state index in [1.165, 1.54) is 51.9 Å². The first-order valence-corrected chi connectivity index (χ1v) is 6.72. The predicted octanol–water partition coefficient (Wildman–Crippen LogP) is 2.50. The molecule has 90 valence electrons. The summed E-state index contributed by atoms with van der Waals surface area (Å²) in [5, 5.41) is 3.46. The van der Waals surface area contributed by atoms with Crippen molar-refractivity contribution >= 4 is 0 Å². The van der Waals surface area contributed by atoms with Crippen molar-refractivity contribution < 1.29 is 0 Å². The zero-order valence-corrected chi connectivity index (χ0v) is 10.8. The lowest BCUT2D eigenvalue weighted by Crippen LogP contribution is -2.51. The Morgan fingerprint density at radius 3 is 2.80 bits per heavy atom. The maximum Gasteiger partial charge on any atom is 0.0193 e. The highest BCUT2D eigenvalue weighted by Gasteiger charge is 2.20. The van der Waals surface area contributed by atoms with E-state index < -0.39 is 0 Å². The predicted molar refractivity (Wildman–Crippen MR) is 67.2 cm³/mol. The van der Waals surface area contributed by atoms with Crippen LogP contribution in [0.15, 0.2) is 0 Å². The Morgan fingerprint density at radius 2 is 2.20 bits per heavy atom. The molecule has 1 aliphatic heterocycles. The van der Waals surface area contributed by atoms with Crippen LogP contribution in [0.1, 0.15) is 46.5 Å². The first kappa shape index (κ1) is 13.0. The van der Waals surface area contributed by atoms with Gasteiger partial charge in [-0.2, -0.15) is 0 Å². The summed E-state index contributed by atoms with van der Waals surface area (Å²) in [6.07, 6.45) is 5.51. The van der Waals surface area contributed by atoms with Gasteiger partial charge >= 0.3 is 0 Å². The van der Waals surface area contributed by atoms with Crippen LogP contribution >= 0.6 is 0 Å². The summed E-state index contributed by atoms with van der Waals surface area (Å²) in [7, 11) is 0. The summed E-state index contributed by atoms with van der Waals surface area (Å²) < 4.78 is 0. The minimum Gasteiger partial charge on any atom is -0.314 e. The molecule has 1 heterocycles. The molecule has 1 saturated heterocycles. The molecule has 0 spiro atoms. The van der Waals surface area contributed by atoms with Crippen molar-refractivity contribution in [2.75, 3.05) is 26.2 Å². The van der Waals surface area contributed by atoms with Gasteiger partial charge in [-0.25, -0.2) is 0 Å². The normalized spacial score (nSPS) is 25.4. The molecule has 0 aliphatic carbocycles. The fraction of sp³-hybridized carbons (Fsp3) is 1.00. The van der Waals surface area contributed by atoms with E-state index >= 15 is 0 Å². The van der Waals surface area contributed by atoms with E-state index in [4.69, 9.17) is 0 Å². The van der Waals surface area contributed by atoms with E-state index in [1.807, 2.05) is 0 Å². The molecule has 1 rings (SSSR count). The van der Waals surface area contributed by atoms with Gasteiger partial charge in [-0.05, 0) is 19.3 Å². The Balaban J connectivity index is 2.29. The summed E-state index contributed by atoms with van der Waals surface area (Å²) >= 11 is 0. The van der Waals surface area contributed by atoms with E-state index in [0.29, 0.717) is 0 Å². The van der Waals surface area contributed by atoms with Gasteiger partial charge in [0, 0.05) is 32.2 Å². The van der Waals surface area contributed by atoms with Gasteiger partial charge in [0.2, 0.25) is 0 Å². The maximum atomic E-state index is 3.46. The third-order valence-electron chi connectivity index (χ3n) is 3.67. The van der Waals surface area contributed by atoms with E-state index in [0.717, 1.165) is 12.0 Å². The number of hydrogen-bond acceptors (Lipinski definition) is 2. The second kappa shape index (κ2) is 7.24. The topological polar surface area (TPSA) is 15.3 Å². The lowest BCUT2D eigenvalue weighted by atomic mass is 9.98. The maximum absolute atomic E-state index is 3.46. The Hall–Kier alpha value is -0.0800. The Kier molecular flexibility index (Phi) is 6.26. The molecule has 2 heteroatoms. The number of rotatable bonds is 6. The molecule has 0 saturated carbocycles. The Labute approximate surface area is 95.4 Å². The highest BCUT2D eigenvalue weighted by Crippen LogP contribution is 2.16. The Bertz CT molecular complexity index is 159. The molecular formula is C13H28N2. The van der Waals surface area contributed by atoms with Crippen LogP contribution in [0.2, 0.25) is 0 Å². The van der Waals surface area contributed by atoms with Gasteiger partial charge in [-0.1, -0.05) is 33.1 Å². The summed E-state index contributed by atoms with van der Waals surface area (Å²) in [5.41, 5.74) is 0. The van der Waals surface area contributed by atoms with Crippen LogP contribution in [0.5, 0.6) is 0 Å². The smallest absolute Gasteiger partial charge is 0.0193 e. The van der Waals surface area contributed by atoms with Crippen LogP contribution in [0.25, 0.3) is 0 Å². The largest absolute Gasteiger partial charge is 0.314 e. The standard InChI is InChI=1S/C13H28N2/c1-4-6-7-13(5-2)11-15-9-8-14-10-12(15)3/h12-14H,4-11H2,1-3H3/t12-,13+/m0/s1. The average molecular weight is 212 g/mol. The molecule has 0 aromatic rings. The summed E-state index contributed by atoms with van der Waals surface area (Å²) in [6.45, 7) is 11.9. The molecule has 0 radical (unpaired) electrons. The van der Waals surface area contributed by atoms with Crippen molar-refractivity contribution in [1.82, 2.24) is 10.2 Å². The van der Waals surface area contributed by atoms with Crippen molar-refractivity contribution in [3.8, 4) is 0 Å². The highest BCUT2D eigenvalue weighted by atomic mass is 15.2. The van der Waals surface area contributed by atoms with E-state index in [9.17, 15) is 0 Å². The summed E-state index contributed by atoms with van der Waals surface area (Å²) in [6, 6.07) is 0.731. The molecule has 1 fully saturated rings. The van der Waals surface area contributed by atoms with Crippen LogP contribution in [-0.4, -0.2) is 37.1 Å². The van der Waals surface area contributed by atoms with Gasteiger partial charge in [0.25, 0.3) is 0 Å². The molecule has 2 atom stereocenters. The average Bonchev–Trinajstić information content (AvgIpc) is 2.26. The lowest BCUT2D eigenvalue weighted by molar-refractivity contribution is 0.142. The lowest BCUT2D eigenvalue weighted by Gasteiger charge is -2.36. The quantitative estimate of drug-likeness (QED) is 0.728. The van der Waals surface area contributed by atoms with Gasteiger partial charge in [0.1, 0.15) is 0 Å². The molecule has 0 aromatic heterocycles. The molecule has 1 aliphatic rings. The van der Waals surface area contributed by atoms with Crippen molar-refractivity contribution in [2.45, 2.75) is 52.5 Å². The summed E-state index contributed by atoms with van der Waals surface area (Å²) in [4.78, 5) is 2.67. The minimum absolute atomic E-state index is 0.731. The SMILES string of the molecule is CCCC[C@@H](CC)CN1CCNC[C@@H]1C. The van der Waals surface area contributed by atoms with Crippen LogP contribution in [0.4, 0.5) is 0 Å². The Morgan fingerprint density at radius 1 is 1.40 bits per heavy atom. The van der Waals surface area contributed by atoms with E-state index in [2.05, 4.69) is 31.0 Å². The molecule has 1 N–H and O–H groups in total. The molecular weight excluding hydrogens is 184 g/mol. The van der Waals surface area contributed by atoms with E-state index in [1.54, 1.807) is 0 Å². The number of hydrogen-bond donors (Lipinski definition) is 1. The molecule has 0 bridgehead atoms. The van der Waals surface area contributed by atoms with E-state index in [-0.39, 0.29) is 0 Å². The molecule has 0 amide bonds. The van der Waals surface area contributed by atoms with Crippen LogP contribution in [0, 0.1) is 5.92 Å². The number of unbranched alkanes of at least 4 members (excludes halogenated alkanes) is 1. The van der Waals surface area contributed by atoms with Crippen LogP contribution in [-0.2, 0) is 0 Å². The molecule has 0 aromatic carbocycles. The third kappa shape index (κ3) is 4.52. The number of nitrogens with one attached hydrogen (secondary N) is 1. The van der Waals surface area contributed by atoms with Gasteiger partial charge in [0.05, 0.1) is 0 Å². The van der Waals surface area contributed by atoms with Crippen molar-refractivity contribution in [3.05, 3.63) is 0 Å². The first-order chi connectivity index (χ1) is 7.27. The molecule has 2 nitrogen and oxygen atoms in total. The van der Waals surface area contributed by atoms with Gasteiger partial charge in [0.15, 0.2) is 0 Å². The molecule has 15 heavy (non-hydrogen) atoms. The van der Waals surface area contributed by atoms with Crippen LogP contribution < -0.4 is 5.32 Å². The zero-order valence-electron chi connectivity index (χ0n) is 10.8. The summed E-state index contributed by atoms with van der Waals surface area (Å²) in [5.74, 6) is 0.922. The monoisotopic (exact) mass is 212 g/mol. The van der Waals surface area contributed by atoms with Gasteiger partial charge < -0.3 is 5.32 Å². The van der Waals surface area contributed by atoms with Crippen molar-refractivity contribution in [3.63, 3.8) is 0 Å². The van der Waals surface area contributed by atoms with Crippen molar-refractivity contribution in [1.29, 1.82) is 0 Å².